The van der Waals surface area contributed by atoms with Gasteiger partial charge in [0, 0.05) is 11.8 Å². The monoisotopic (exact) mass is 229 g/mol. The van der Waals surface area contributed by atoms with Gasteiger partial charge >= 0.3 is 0 Å². The fourth-order valence-electron chi connectivity index (χ4n) is 1.83. The fraction of sp³-hybridized carbons (Fsp3) is 0.0833. The first-order chi connectivity index (χ1) is 7.86. The third-order valence-electron chi connectivity index (χ3n) is 2.69. The molecule has 0 bridgehead atoms. The number of hydrogen-bond donors (Lipinski definition) is 1. The highest BCUT2D eigenvalue weighted by Gasteiger charge is 2.13. The Hall–Kier alpha value is -1.65. The molecule has 0 aliphatic heterocycles. The van der Waals surface area contributed by atoms with Crippen molar-refractivity contribution < 1.29 is 0 Å². The minimum absolute atomic E-state index is 0.0915. The van der Waals surface area contributed by atoms with Crippen LogP contribution in [0.25, 0.3) is 5.52 Å². The summed E-state index contributed by atoms with van der Waals surface area (Å²) in [6.07, 6.45) is 3.77. The Morgan fingerprint density at radius 3 is 3.06 bits per heavy atom. The van der Waals surface area contributed by atoms with Crippen LogP contribution < -0.4 is 5.73 Å². The Labute approximate surface area is 97.1 Å². The molecule has 0 fully saturated rings. The van der Waals surface area contributed by atoms with Crippen LogP contribution in [0.4, 0.5) is 0 Å². The van der Waals surface area contributed by atoms with Gasteiger partial charge in [0.1, 0.15) is 0 Å². The molecule has 3 aromatic heterocycles. The summed E-state index contributed by atoms with van der Waals surface area (Å²) in [4.78, 5) is 0. The average molecular weight is 229 g/mol. The quantitative estimate of drug-likeness (QED) is 0.733. The molecule has 0 radical (unpaired) electrons. The van der Waals surface area contributed by atoms with Crippen molar-refractivity contribution in [1.29, 1.82) is 0 Å². The second-order valence-corrected chi connectivity index (χ2v) is 4.44. The zero-order chi connectivity index (χ0) is 11.0. The lowest BCUT2D eigenvalue weighted by molar-refractivity contribution is 0.885. The smallest absolute Gasteiger partial charge is 0.0712 e. The largest absolute Gasteiger partial charge is 0.320 e. The second-order valence-electron chi connectivity index (χ2n) is 3.66. The van der Waals surface area contributed by atoms with Crippen LogP contribution in [0.5, 0.6) is 0 Å². The highest BCUT2D eigenvalue weighted by Crippen LogP contribution is 2.24. The number of fused-ring (bicyclic) bond motifs is 1. The maximum Gasteiger partial charge on any atom is 0.0712 e. The number of rotatable bonds is 2. The molecule has 80 valence electrons. The molecule has 1 atom stereocenters. The van der Waals surface area contributed by atoms with Gasteiger partial charge < -0.3 is 5.73 Å². The zero-order valence-electron chi connectivity index (χ0n) is 8.58. The van der Waals surface area contributed by atoms with E-state index in [9.17, 15) is 0 Å². The van der Waals surface area contributed by atoms with E-state index in [-0.39, 0.29) is 6.04 Å². The summed E-state index contributed by atoms with van der Waals surface area (Å²) >= 11 is 1.66. The molecule has 0 saturated heterocycles. The van der Waals surface area contributed by atoms with E-state index >= 15 is 0 Å². The van der Waals surface area contributed by atoms with Crippen molar-refractivity contribution in [3.05, 3.63) is 58.5 Å². The standard InChI is InChI=1S/C12H11N3S/c13-12(9-4-6-16-8-9)10-7-14-15-5-2-1-3-11(10)15/h1-8,12H,13H2. The number of nitrogens with zero attached hydrogens (tertiary/aromatic N) is 2. The third kappa shape index (κ3) is 1.43. The Bertz CT molecular complexity index is 598. The predicted octanol–water partition coefficient (Wildman–Crippen LogP) is 2.44. The van der Waals surface area contributed by atoms with Gasteiger partial charge in [0.15, 0.2) is 0 Å². The van der Waals surface area contributed by atoms with Crippen molar-refractivity contribution in [1.82, 2.24) is 9.61 Å². The van der Waals surface area contributed by atoms with Crippen LogP contribution >= 0.6 is 11.3 Å². The SMILES string of the molecule is NC(c1ccsc1)c1cnn2ccccc12. The molecule has 0 saturated carbocycles. The molecule has 0 amide bonds. The Balaban J connectivity index is 2.12. The van der Waals surface area contributed by atoms with Crippen molar-refractivity contribution in [2.45, 2.75) is 6.04 Å². The van der Waals surface area contributed by atoms with Gasteiger partial charge in [0.05, 0.1) is 17.8 Å². The molecule has 0 aliphatic carbocycles. The number of thiophene rings is 1. The third-order valence-corrected chi connectivity index (χ3v) is 3.40. The fourth-order valence-corrected chi connectivity index (χ4v) is 2.52. The van der Waals surface area contributed by atoms with Crippen LogP contribution in [0.15, 0.2) is 47.4 Å². The normalized spacial score (nSPS) is 13.1. The first kappa shape index (κ1) is 9.57. The summed E-state index contributed by atoms with van der Waals surface area (Å²) in [6.45, 7) is 0. The lowest BCUT2D eigenvalue weighted by Crippen LogP contribution is -2.10. The van der Waals surface area contributed by atoms with Gasteiger partial charge in [0.2, 0.25) is 0 Å². The average Bonchev–Trinajstić information content (AvgIpc) is 2.98. The molecule has 4 heteroatoms. The maximum absolute atomic E-state index is 6.22. The number of hydrogen-bond acceptors (Lipinski definition) is 3. The number of aromatic nitrogens is 2. The van der Waals surface area contributed by atoms with E-state index in [1.54, 1.807) is 11.3 Å². The molecule has 1 unspecified atom stereocenters. The van der Waals surface area contributed by atoms with E-state index in [2.05, 4.69) is 16.5 Å². The summed E-state index contributed by atoms with van der Waals surface area (Å²) in [6, 6.07) is 7.96. The van der Waals surface area contributed by atoms with Gasteiger partial charge in [0.25, 0.3) is 0 Å². The Morgan fingerprint density at radius 1 is 1.31 bits per heavy atom. The molecule has 0 spiro atoms. The van der Waals surface area contributed by atoms with Gasteiger partial charge in [-0.05, 0) is 34.5 Å². The van der Waals surface area contributed by atoms with Crippen LogP contribution in [-0.4, -0.2) is 9.61 Å². The molecule has 3 rings (SSSR count). The Kier molecular flexibility index (Phi) is 2.23. The molecule has 2 N–H and O–H groups in total. The first-order valence-corrected chi connectivity index (χ1v) is 6.00. The Morgan fingerprint density at radius 2 is 2.25 bits per heavy atom. The summed E-state index contributed by atoms with van der Waals surface area (Å²) in [5, 5.41) is 8.41. The molecular formula is C12H11N3S. The van der Waals surface area contributed by atoms with Gasteiger partial charge in [-0.2, -0.15) is 16.4 Å². The van der Waals surface area contributed by atoms with Crippen LogP contribution in [0, 0.1) is 0 Å². The van der Waals surface area contributed by atoms with Crippen molar-refractivity contribution in [3.8, 4) is 0 Å². The second kappa shape index (κ2) is 3.73. The zero-order valence-corrected chi connectivity index (χ0v) is 9.39. The summed E-state index contributed by atoms with van der Waals surface area (Å²) < 4.78 is 1.85. The van der Waals surface area contributed by atoms with E-state index in [1.807, 2.05) is 40.5 Å². The van der Waals surface area contributed by atoms with E-state index in [0.29, 0.717) is 0 Å². The maximum atomic E-state index is 6.22. The van der Waals surface area contributed by atoms with E-state index in [1.165, 1.54) is 0 Å². The minimum Gasteiger partial charge on any atom is -0.320 e. The van der Waals surface area contributed by atoms with Crippen molar-refractivity contribution >= 4 is 16.9 Å². The van der Waals surface area contributed by atoms with Gasteiger partial charge in [-0.1, -0.05) is 6.07 Å². The van der Waals surface area contributed by atoms with E-state index in [0.717, 1.165) is 16.6 Å². The number of pyridine rings is 1. The van der Waals surface area contributed by atoms with E-state index < -0.39 is 0 Å². The van der Waals surface area contributed by atoms with Crippen LogP contribution in [-0.2, 0) is 0 Å². The summed E-state index contributed by atoms with van der Waals surface area (Å²) in [5.74, 6) is 0. The minimum atomic E-state index is -0.0915. The molecular weight excluding hydrogens is 218 g/mol. The van der Waals surface area contributed by atoms with Crippen LogP contribution in [0.2, 0.25) is 0 Å². The summed E-state index contributed by atoms with van der Waals surface area (Å²) in [7, 11) is 0. The molecule has 0 aromatic carbocycles. The topological polar surface area (TPSA) is 43.3 Å². The highest BCUT2D eigenvalue weighted by molar-refractivity contribution is 7.08. The summed E-state index contributed by atoms with van der Waals surface area (Å²) in [5.41, 5.74) is 9.51. The molecule has 16 heavy (non-hydrogen) atoms. The van der Waals surface area contributed by atoms with Crippen molar-refractivity contribution in [2.75, 3.05) is 0 Å². The highest BCUT2D eigenvalue weighted by atomic mass is 32.1. The predicted molar refractivity (Wildman–Crippen MR) is 65.5 cm³/mol. The molecule has 3 nitrogen and oxygen atoms in total. The van der Waals surface area contributed by atoms with Crippen molar-refractivity contribution in [3.63, 3.8) is 0 Å². The first-order valence-electron chi connectivity index (χ1n) is 5.06. The molecule has 3 heterocycles. The van der Waals surface area contributed by atoms with Gasteiger partial charge in [-0.3, -0.25) is 0 Å². The van der Waals surface area contributed by atoms with Gasteiger partial charge in [-0.25, -0.2) is 4.52 Å². The van der Waals surface area contributed by atoms with Gasteiger partial charge in [-0.15, -0.1) is 0 Å². The van der Waals surface area contributed by atoms with E-state index in [4.69, 9.17) is 5.73 Å². The lowest BCUT2D eigenvalue weighted by Gasteiger charge is -2.07. The van der Waals surface area contributed by atoms with Crippen LogP contribution in [0.1, 0.15) is 17.2 Å². The molecule has 3 aromatic rings. The van der Waals surface area contributed by atoms with Crippen LogP contribution in [0.3, 0.4) is 0 Å². The lowest BCUT2D eigenvalue weighted by atomic mass is 10.0. The van der Waals surface area contributed by atoms with Crippen molar-refractivity contribution in [2.24, 2.45) is 5.73 Å². The number of nitrogens with two attached hydrogens (primary N) is 1. The molecule has 0 aliphatic rings.